The van der Waals surface area contributed by atoms with Crippen LogP contribution in [0, 0.1) is 5.82 Å². The smallest absolute Gasteiger partial charge is 0.319 e. The zero-order valence-corrected chi connectivity index (χ0v) is 18.0. The number of fused-ring (bicyclic) bond motifs is 1. The normalized spacial score (nSPS) is 14.1. The quantitative estimate of drug-likeness (QED) is 0.657. The number of hydrogen-bond donors (Lipinski definition) is 2. The lowest BCUT2D eigenvalue weighted by Gasteiger charge is -2.28. The fourth-order valence-electron chi connectivity index (χ4n) is 3.55. The first-order valence-electron chi connectivity index (χ1n) is 9.82. The Balaban J connectivity index is 1.50. The van der Waals surface area contributed by atoms with Gasteiger partial charge in [0.1, 0.15) is 5.82 Å². The van der Waals surface area contributed by atoms with Gasteiger partial charge in [-0.05, 0) is 42.2 Å². The van der Waals surface area contributed by atoms with Gasteiger partial charge in [0.25, 0.3) is 0 Å². The number of hydrogen-bond acceptors (Lipinski definition) is 4. The topological polar surface area (TPSA) is 81.8 Å². The maximum atomic E-state index is 13.8. The van der Waals surface area contributed by atoms with E-state index in [9.17, 15) is 17.6 Å². The molecule has 1 aliphatic heterocycles. The van der Waals surface area contributed by atoms with Crippen molar-refractivity contribution in [3.63, 3.8) is 0 Å². The highest BCUT2D eigenvalue weighted by Crippen LogP contribution is 2.27. The molecule has 0 radical (unpaired) electrons. The van der Waals surface area contributed by atoms with Crippen LogP contribution in [0.2, 0.25) is 0 Å². The average Bonchev–Trinajstić information content (AvgIpc) is 2.70. The van der Waals surface area contributed by atoms with Crippen molar-refractivity contribution in [2.75, 3.05) is 43.2 Å². The molecule has 0 fully saturated rings. The van der Waals surface area contributed by atoms with Crippen LogP contribution in [0.25, 0.3) is 0 Å². The molecule has 0 saturated carbocycles. The van der Waals surface area contributed by atoms with Crippen LogP contribution in [-0.4, -0.2) is 51.7 Å². The van der Waals surface area contributed by atoms with E-state index in [1.54, 1.807) is 18.2 Å². The van der Waals surface area contributed by atoms with Crippen molar-refractivity contribution >= 4 is 27.4 Å². The summed E-state index contributed by atoms with van der Waals surface area (Å²) in [6.07, 6.45) is 2.41. The number of amides is 2. The Kier molecular flexibility index (Phi) is 6.94. The van der Waals surface area contributed by atoms with E-state index >= 15 is 0 Å². The Morgan fingerprint density at radius 2 is 1.97 bits per heavy atom. The van der Waals surface area contributed by atoms with Crippen LogP contribution in [0.3, 0.4) is 0 Å². The fourth-order valence-corrected chi connectivity index (χ4v) is 4.35. The lowest BCUT2D eigenvalue weighted by molar-refractivity contribution is 0.252. The van der Waals surface area contributed by atoms with Gasteiger partial charge in [-0.3, -0.25) is 0 Å². The number of benzene rings is 2. The van der Waals surface area contributed by atoms with Crippen LogP contribution in [0.1, 0.15) is 17.5 Å². The molecule has 2 aromatic rings. The molecule has 0 saturated heterocycles. The molecule has 2 amide bonds. The van der Waals surface area contributed by atoms with Crippen LogP contribution in [0.5, 0.6) is 0 Å². The number of para-hydroxylation sites is 1. The summed E-state index contributed by atoms with van der Waals surface area (Å²) in [5.74, 6) is -0.269. The summed E-state index contributed by atoms with van der Waals surface area (Å²) in [4.78, 5) is 14.1. The number of sulfonamides is 1. The van der Waals surface area contributed by atoms with Crippen molar-refractivity contribution in [2.24, 2.45) is 0 Å². The second-order valence-electron chi connectivity index (χ2n) is 7.40. The van der Waals surface area contributed by atoms with Gasteiger partial charge >= 0.3 is 6.03 Å². The summed E-state index contributed by atoms with van der Waals surface area (Å²) in [6.45, 7) is 1.76. The highest BCUT2D eigenvalue weighted by Gasteiger charge is 2.24. The predicted octanol–water partition coefficient (Wildman–Crippen LogP) is 2.79. The van der Waals surface area contributed by atoms with E-state index in [4.69, 9.17) is 0 Å². The molecule has 1 heterocycles. The van der Waals surface area contributed by atoms with Gasteiger partial charge < -0.3 is 15.5 Å². The Morgan fingerprint density at radius 3 is 2.70 bits per heavy atom. The number of anilines is 2. The van der Waals surface area contributed by atoms with E-state index in [1.165, 1.54) is 16.6 Å². The molecule has 9 heteroatoms. The summed E-state index contributed by atoms with van der Waals surface area (Å²) in [7, 11) is -1.43. The van der Waals surface area contributed by atoms with Crippen LogP contribution < -0.4 is 15.5 Å². The van der Waals surface area contributed by atoms with E-state index in [0.29, 0.717) is 50.4 Å². The third-order valence-electron chi connectivity index (χ3n) is 5.17. The van der Waals surface area contributed by atoms with Gasteiger partial charge in [-0.25, -0.2) is 17.6 Å². The Morgan fingerprint density at radius 1 is 1.20 bits per heavy atom. The summed E-state index contributed by atoms with van der Waals surface area (Å²) < 4.78 is 38.8. The Bertz CT molecular complexity index is 1010. The molecule has 7 nitrogen and oxygen atoms in total. The molecular formula is C21H27FN4O3S. The van der Waals surface area contributed by atoms with Crippen LogP contribution >= 0.6 is 0 Å². The van der Waals surface area contributed by atoms with Gasteiger partial charge in [0.15, 0.2) is 0 Å². The highest BCUT2D eigenvalue weighted by molar-refractivity contribution is 7.88. The molecule has 3 rings (SSSR count). The molecule has 0 spiro atoms. The zero-order chi connectivity index (χ0) is 21.7. The van der Waals surface area contributed by atoms with Crippen LogP contribution in [0.15, 0.2) is 42.5 Å². The molecule has 30 heavy (non-hydrogen) atoms. The zero-order valence-electron chi connectivity index (χ0n) is 17.2. The first kappa shape index (κ1) is 22.0. The summed E-state index contributed by atoms with van der Waals surface area (Å²) in [5, 5.41) is 5.68. The van der Waals surface area contributed by atoms with Crippen molar-refractivity contribution in [3.8, 4) is 0 Å². The molecule has 0 bridgehead atoms. The molecule has 0 aromatic heterocycles. The lowest BCUT2D eigenvalue weighted by Crippen LogP contribution is -2.36. The maximum Gasteiger partial charge on any atom is 0.319 e. The Hall–Kier alpha value is -2.65. The largest absolute Gasteiger partial charge is 0.372 e. The number of carbonyl (C=O) groups excluding carboxylic acids is 1. The van der Waals surface area contributed by atoms with Gasteiger partial charge in [-0.2, -0.15) is 4.31 Å². The number of carbonyl (C=O) groups is 1. The third-order valence-corrected chi connectivity index (χ3v) is 6.42. The van der Waals surface area contributed by atoms with Crippen molar-refractivity contribution < 1.29 is 17.6 Å². The van der Waals surface area contributed by atoms with E-state index in [0.717, 1.165) is 11.1 Å². The van der Waals surface area contributed by atoms with Crippen molar-refractivity contribution in [3.05, 3.63) is 59.4 Å². The highest BCUT2D eigenvalue weighted by atomic mass is 32.2. The first-order chi connectivity index (χ1) is 14.3. The second-order valence-corrected chi connectivity index (χ2v) is 9.38. The molecule has 1 aliphatic rings. The molecule has 0 atom stereocenters. The summed E-state index contributed by atoms with van der Waals surface area (Å²) >= 11 is 0. The minimum atomic E-state index is -3.24. The minimum absolute atomic E-state index is 0.269. The number of rotatable bonds is 7. The standard InChI is InChI=1S/C21H27FN4O3S/c1-25(20-10-4-3-8-18(20)22)13-6-12-23-21(27)24-19-9-5-7-16-15-26(30(2,28)29)14-11-17(16)19/h3-5,7-10H,6,11-15H2,1-2H3,(H2,23,24,27). The van der Waals surface area contributed by atoms with Crippen molar-refractivity contribution in [1.82, 2.24) is 9.62 Å². The van der Waals surface area contributed by atoms with Crippen LogP contribution in [-0.2, 0) is 23.0 Å². The Labute approximate surface area is 176 Å². The predicted molar refractivity (Wildman–Crippen MR) is 117 cm³/mol. The fraction of sp³-hybridized carbons (Fsp3) is 0.381. The number of urea groups is 1. The van der Waals surface area contributed by atoms with Gasteiger partial charge in [-0.1, -0.05) is 24.3 Å². The van der Waals surface area contributed by atoms with Crippen molar-refractivity contribution in [2.45, 2.75) is 19.4 Å². The van der Waals surface area contributed by atoms with Gasteiger partial charge in [0.2, 0.25) is 10.0 Å². The molecule has 162 valence electrons. The maximum absolute atomic E-state index is 13.8. The average molecular weight is 435 g/mol. The number of nitrogens with one attached hydrogen (secondary N) is 2. The molecule has 0 unspecified atom stereocenters. The molecule has 0 aliphatic carbocycles. The SMILES string of the molecule is CN(CCCNC(=O)Nc1cccc2c1CCN(S(C)(=O)=O)C2)c1ccccc1F. The third kappa shape index (κ3) is 5.48. The van der Waals surface area contributed by atoms with E-state index in [-0.39, 0.29) is 11.8 Å². The van der Waals surface area contributed by atoms with Crippen molar-refractivity contribution in [1.29, 1.82) is 0 Å². The monoisotopic (exact) mass is 434 g/mol. The summed E-state index contributed by atoms with van der Waals surface area (Å²) in [5.41, 5.74) is 3.09. The lowest BCUT2D eigenvalue weighted by atomic mass is 9.99. The van der Waals surface area contributed by atoms with E-state index in [1.807, 2.05) is 30.1 Å². The molecular weight excluding hydrogens is 407 g/mol. The van der Waals surface area contributed by atoms with Gasteiger partial charge in [-0.15, -0.1) is 0 Å². The molecule has 2 N–H and O–H groups in total. The number of nitrogens with zero attached hydrogens (tertiary/aromatic N) is 2. The first-order valence-corrected chi connectivity index (χ1v) is 11.7. The second kappa shape index (κ2) is 9.44. The van der Waals surface area contributed by atoms with Gasteiger partial charge in [0, 0.05) is 38.9 Å². The summed E-state index contributed by atoms with van der Waals surface area (Å²) in [6, 6.07) is 11.8. The minimum Gasteiger partial charge on any atom is -0.372 e. The van der Waals surface area contributed by atoms with Gasteiger partial charge in [0.05, 0.1) is 11.9 Å². The van der Waals surface area contributed by atoms with E-state index < -0.39 is 10.0 Å². The van der Waals surface area contributed by atoms with E-state index in [2.05, 4.69) is 10.6 Å². The van der Waals surface area contributed by atoms with Crippen LogP contribution in [0.4, 0.5) is 20.6 Å². The number of halogens is 1. The molecule has 2 aromatic carbocycles.